The summed E-state index contributed by atoms with van der Waals surface area (Å²) in [7, 11) is 1.52. The second kappa shape index (κ2) is 10.8. The highest BCUT2D eigenvalue weighted by Crippen LogP contribution is 2.22. The molecule has 1 rings (SSSR count). The first-order chi connectivity index (χ1) is 13.1. The smallest absolute Gasteiger partial charge is 0.242 e. The van der Waals surface area contributed by atoms with Crippen molar-refractivity contribution in [3.63, 3.8) is 0 Å². The van der Waals surface area contributed by atoms with E-state index in [1.54, 1.807) is 6.92 Å². The maximum Gasteiger partial charge on any atom is 0.242 e. The number of likely N-dealkylation sites (N-methyl/N-ethyl adjacent to an activating group) is 1. The molecule has 0 saturated heterocycles. The molecule has 7 heteroatoms. The second-order valence-corrected chi connectivity index (χ2v) is 8.13. The lowest BCUT2D eigenvalue weighted by molar-refractivity contribution is -0.166. The highest BCUT2D eigenvalue weighted by atomic mass is 16.5. The molecule has 0 spiro atoms. The maximum absolute atomic E-state index is 13.0. The summed E-state index contributed by atoms with van der Waals surface area (Å²) in [6.07, 6.45) is 2.25. The maximum atomic E-state index is 13.0. The Kier molecular flexibility index (Phi) is 9.12. The zero-order valence-electron chi connectivity index (χ0n) is 17.4. The molecule has 0 aromatic heterocycles. The largest absolute Gasteiger partial charge is 0.357 e. The first-order valence-corrected chi connectivity index (χ1v) is 9.60. The van der Waals surface area contributed by atoms with Crippen molar-refractivity contribution in [3.05, 3.63) is 35.9 Å². The highest BCUT2D eigenvalue weighted by molar-refractivity contribution is 5.89. The Balaban J connectivity index is 2.91. The number of carbonyl (C=O) groups is 3. The van der Waals surface area contributed by atoms with Crippen LogP contribution in [0.5, 0.6) is 0 Å². The zero-order valence-corrected chi connectivity index (χ0v) is 17.4. The molecule has 156 valence electrons. The van der Waals surface area contributed by atoms with Crippen molar-refractivity contribution >= 4 is 18.2 Å². The molecule has 1 aromatic rings. The number of amides is 3. The lowest BCUT2D eigenvalue weighted by Gasteiger charge is -2.33. The van der Waals surface area contributed by atoms with E-state index in [4.69, 9.17) is 0 Å². The third kappa shape index (κ3) is 6.96. The van der Waals surface area contributed by atoms with Crippen LogP contribution in [0.1, 0.15) is 46.1 Å². The molecule has 0 bridgehead atoms. The fraction of sp³-hybridized carbons (Fsp3) is 0.571. The number of benzene rings is 1. The van der Waals surface area contributed by atoms with Crippen LogP contribution in [0.4, 0.5) is 0 Å². The van der Waals surface area contributed by atoms with Gasteiger partial charge in [0, 0.05) is 7.05 Å². The van der Waals surface area contributed by atoms with Gasteiger partial charge < -0.3 is 10.6 Å². The van der Waals surface area contributed by atoms with Gasteiger partial charge in [0.15, 0.2) is 0 Å². The number of hydrogen-bond donors (Lipinski definition) is 3. The standard InChI is InChI=1S/C21H33N3O4/c1-15(24(28)14-25)17(13-9-12-16-10-7-6-8-11-16)19(26)23-18(20(27)22-5)21(2,3)4/h6-8,10-11,14-15,17-18,28H,9,12-13H2,1-5H3,(H,22,27)(H,23,26)/t15-,17+,18-/m0/s1. The number of rotatable bonds is 10. The van der Waals surface area contributed by atoms with Gasteiger partial charge in [0.05, 0.1) is 12.0 Å². The quantitative estimate of drug-likeness (QED) is 0.323. The second-order valence-electron chi connectivity index (χ2n) is 8.13. The minimum absolute atomic E-state index is 0.284. The van der Waals surface area contributed by atoms with Gasteiger partial charge in [0.2, 0.25) is 18.2 Å². The lowest BCUT2D eigenvalue weighted by atomic mass is 9.85. The molecular weight excluding hydrogens is 358 g/mol. The first-order valence-electron chi connectivity index (χ1n) is 9.60. The Morgan fingerprint density at radius 3 is 2.29 bits per heavy atom. The average molecular weight is 392 g/mol. The Morgan fingerprint density at radius 1 is 1.18 bits per heavy atom. The molecule has 0 heterocycles. The summed E-state index contributed by atoms with van der Waals surface area (Å²) in [5.41, 5.74) is 0.667. The van der Waals surface area contributed by atoms with Gasteiger partial charge in [-0.2, -0.15) is 0 Å². The minimum Gasteiger partial charge on any atom is -0.357 e. The number of hydrogen-bond acceptors (Lipinski definition) is 4. The molecular formula is C21H33N3O4. The highest BCUT2D eigenvalue weighted by Gasteiger charge is 2.36. The van der Waals surface area contributed by atoms with Crippen molar-refractivity contribution < 1.29 is 19.6 Å². The molecule has 0 fully saturated rings. The lowest BCUT2D eigenvalue weighted by Crippen LogP contribution is -2.56. The van der Waals surface area contributed by atoms with Gasteiger partial charge in [-0.1, -0.05) is 51.1 Å². The van der Waals surface area contributed by atoms with Gasteiger partial charge in [0.25, 0.3) is 0 Å². The van der Waals surface area contributed by atoms with Crippen molar-refractivity contribution in [3.8, 4) is 0 Å². The molecule has 0 aliphatic rings. The molecule has 1 aromatic carbocycles. The Hall–Kier alpha value is -2.41. The van der Waals surface area contributed by atoms with Gasteiger partial charge in [0.1, 0.15) is 6.04 Å². The molecule has 3 amide bonds. The molecule has 7 nitrogen and oxygen atoms in total. The summed E-state index contributed by atoms with van der Waals surface area (Å²) < 4.78 is 0. The Morgan fingerprint density at radius 2 is 1.79 bits per heavy atom. The van der Waals surface area contributed by atoms with E-state index < -0.39 is 23.4 Å². The molecule has 0 aliphatic heterocycles. The Bertz CT molecular complexity index is 643. The van der Waals surface area contributed by atoms with Gasteiger partial charge in [-0.3, -0.25) is 19.6 Å². The number of carbonyl (C=O) groups excluding carboxylic acids is 3. The number of hydroxylamine groups is 2. The van der Waals surface area contributed by atoms with E-state index in [-0.39, 0.29) is 11.8 Å². The fourth-order valence-electron chi connectivity index (χ4n) is 3.11. The zero-order chi connectivity index (χ0) is 21.3. The third-order valence-corrected chi connectivity index (χ3v) is 4.93. The SMILES string of the molecule is CNC(=O)[C@H](NC(=O)[C@H](CCCc1ccccc1)[C@H](C)N(O)C=O)C(C)(C)C. The van der Waals surface area contributed by atoms with Crippen LogP contribution in [0.2, 0.25) is 0 Å². The van der Waals surface area contributed by atoms with Gasteiger partial charge in [-0.15, -0.1) is 0 Å². The molecule has 0 aliphatic carbocycles. The van der Waals surface area contributed by atoms with Crippen LogP contribution < -0.4 is 10.6 Å². The predicted molar refractivity (Wildman–Crippen MR) is 107 cm³/mol. The number of nitrogens with one attached hydrogen (secondary N) is 2. The van der Waals surface area contributed by atoms with Crippen LogP contribution in [-0.2, 0) is 20.8 Å². The van der Waals surface area contributed by atoms with Crippen LogP contribution in [0.25, 0.3) is 0 Å². The first kappa shape index (κ1) is 23.6. The molecule has 3 N–H and O–H groups in total. The summed E-state index contributed by atoms with van der Waals surface area (Å²) in [6, 6.07) is 8.46. The summed E-state index contributed by atoms with van der Waals surface area (Å²) >= 11 is 0. The Labute approximate surface area is 167 Å². The van der Waals surface area contributed by atoms with Crippen LogP contribution >= 0.6 is 0 Å². The van der Waals surface area contributed by atoms with E-state index in [9.17, 15) is 19.6 Å². The molecule has 0 saturated carbocycles. The van der Waals surface area contributed by atoms with Gasteiger partial charge in [-0.05, 0) is 37.2 Å². The van der Waals surface area contributed by atoms with Crippen molar-refractivity contribution in [2.75, 3.05) is 7.05 Å². The third-order valence-electron chi connectivity index (χ3n) is 4.93. The van der Waals surface area contributed by atoms with Crippen molar-refractivity contribution in [2.45, 2.75) is 59.0 Å². The van der Waals surface area contributed by atoms with E-state index in [0.717, 1.165) is 12.0 Å². The average Bonchev–Trinajstić information content (AvgIpc) is 2.67. The fourth-order valence-corrected chi connectivity index (χ4v) is 3.11. The summed E-state index contributed by atoms with van der Waals surface area (Å²) in [5.74, 6) is -1.29. The van der Waals surface area contributed by atoms with Crippen LogP contribution in [0.3, 0.4) is 0 Å². The van der Waals surface area contributed by atoms with Crippen LogP contribution in [0.15, 0.2) is 30.3 Å². The summed E-state index contributed by atoms with van der Waals surface area (Å²) in [6.45, 7) is 7.22. The monoisotopic (exact) mass is 391 g/mol. The van der Waals surface area contributed by atoms with Crippen molar-refractivity contribution in [1.82, 2.24) is 15.7 Å². The molecule has 28 heavy (non-hydrogen) atoms. The van der Waals surface area contributed by atoms with Gasteiger partial charge in [-0.25, -0.2) is 5.06 Å². The van der Waals surface area contributed by atoms with E-state index >= 15 is 0 Å². The van der Waals surface area contributed by atoms with Crippen molar-refractivity contribution in [2.24, 2.45) is 11.3 Å². The van der Waals surface area contributed by atoms with Crippen LogP contribution in [0, 0.1) is 11.3 Å². The van der Waals surface area contributed by atoms with Gasteiger partial charge >= 0.3 is 0 Å². The van der Waals surface area contributed by atoms with E-state index in [1.165, 1.54) is 7.05 Å². The van der Waals surface area contributed by atoms with E-state index in [2.05, 4.69) is 10.6 Å². The molecule has 3 atom stereocenters. The number of aryl methyl sites for hydroxylation is 1. The summed E-state index contributed by atoms with van der Waals surface area (Å²) in [4.78, 5) is 36.2. The van der Waals surface area contributed by atoms with Crippen molar-refractivity contribution in [1.29, 1.82) is 0 Å². The topological polar surface area (TPSA) is 98.7 Å². The molecule has 0 unspecified atom stereocenters. The predicted octanol–water partition coefficient (Wildman–Crippen LogP) is 2.14. The minimum atomic E-state index is -0.725. The summed E-state index contributed by atoms with van der Waals surface area (Å²) in [5, 5.41) is 15.7. The molecule has 0 radical (unpaired) electrons. The van der Waals surface area contributed by atoms with Crippen LogP contribution in [-0.4, -0.2) is 47.6 Å². The van der Waals surface area contributed by atoms with E-state index in [1.807, 2.05) is 51.1 Å². The number of nitrogens with zero attached hydrogens (tertiary/aromatic N) is 1. The van der Waals surface area contributed by atoms with E-state index in [0.29, 0.717) is 24.3 Å². The normalized spacial score (nSPS) is 14.5.